The van der Waals surface area contributed by atoms with Gasteiger partial charge in [-0.2, -0.15) is 10.4 Å². The smallest absolute Gasteiger partial charge is 0.0991 e. The minimum Gasteiger partial charge on any atom is -0.346 e. The highest BCUT2D eigenvalue weighted by molar-refractivity contribution is 6.02. The molecule has 6 rings (SSSR count). The average molecular weight is 447 g/mol. The first-order chi connectivity index (χ1) is 16.6. The van der Waals surface area contributed by atoms with Gasteiger partial charge in [-0.05, 0) is 61.8 Å². The van der Waals surface area contributed by atoms with Crippen LogP contribution in [-0.4, -0.2) is 44.4 Å². The summed E-state index contributed by atoms with van der Waals surface area (Å²) in [7, 11) is 4.16. The van der Waals surface area contributed by atoms with Crippen molar-refractivity contribution in [3.8, 4) is 28.5 Å². The van der Waals surface area contributed by atoms with Crippen molar-refractivity contribution >= 4 is 21.8 Å². The van der Waals surface area contributed by atoms with Gasteiger partial charge in [0.1, 0.15) is 0 Å². The largest absolute Gasteiger partial charge is 0.346 e. The van der Waals surface area contributed by atoms with Crippen LogP contribution in [-0.2, 0) is 13.6 Å². The molecule has 0 amide bonds. The molecule has 1 fully saturated rings. The monoisotopic (exact) mass is 446 g/mol. The van der Waals surface area contributed by atoms with Gasteiger partial charge in [-0.3, -0.25) is 9.67 Å². The lowest BCUT2D eigenvalue weighted by Gasteiger charge is -2.15. The van der Waals surface area contributed by atoms with Gasteiger partial charge in [-0.15, -0.1) is 0 Å². The van der Waals surface area contributed by atoms with Crippen molar-refractivity contribution in [3.05, 3.63) is 72.7 Å². The molecule has 0 radical (unpaired) electrons. The number of fused-ring (bicyclic) bond motifs is 2. The van der Waals surface area contributed by atoms with Crippen LogP contribution in [0.2, 0.25) is 0 Å². The molecule has 1 aliphatic rings. The van der Waals surface area contributed by atoms with E-state index in [1.807, 2.05) is 48.4 Å². The normalized spacial score (nSPS) is 16.4. The van der Waals surface area contributed by atoms with Gasteiger partial charge in [0.15, 0.2) is 0 Å². The Morgan fingerprint density at radius 2 is 1.82 bits per heavy atom. The number of benzene rings is 2. The summed E-state index contributed by atoms with van der Waals surface area (Å²) in [6.07, 6.45) is 7.35. The first kappa shape index (κ1) is 20.6. The minimum absolute atomic E-state index is 0.658. The lowest BCUT2D eigenvalue weighted by molar-refractivity contribution is 0.380. The molecule has 3 aromatic heterocycles. The maximum absolute atomic E-state index is 9.29. The Labute approximate surface area is 198 Å². The lowest BCUT2D eigenvalue weighted by Crippen LogP contribution is -2.16. The number of hydrogen-bond acceptors (Lipinski definition) is 4. The number of aryl methyl sites for hydroxylation is 1. The maximum atomic E-state index is 9.29. The van der Waals surface area contributed by atoms with Crippen molar-refractivity contribution in [2.45, 2.75) is 13.0 Å². The zero-order valence-corrected chi connectivity index (χ0v) is 19.4. The van der Waals surface area contributed by atoms with E-state index < -0.39 is 0 Å². The van der Waals surface area contributed by atoms with Gasteiger partial charge in [0, 0.05) is 48.2 Å². The number of nitrogens with zero attached hydrogens (tertiary/aromatic N) is 6. The fraction of sp³-hybridized carbons (Fsp3) is 0.250. The van der Waals surface area contributed by atoms with E-state index in [0.29, 0.717) is 11.5 Å². The van der Waals surface area contributed by atoms with E-state index in [4.69, 9.17) is 4.98 Å². The summed E-state index contributed by atoms with van der Waals surface area (Å²) in [5, 5.41) is 16.0. The summed E-state index contributed by atoms with van der Waals surface area (Å²) in [4.78, 5) is 7.41. The van der Waals surface area contributed by atoms with Crippen LogP contribution >= 0.6 is 0 Å². The number of pyridine rings is 1. The maximum Gasteiger partial charge on any atom is 0.0991 e. The van der Waals surface area contributed by atoms with Crippen LogP contribution in [0.15, 0.2) is 67.1 Å². The van der Waals surface area contributed by atoms with Gasteiger partial charge in [-0.25, -0.2) is 0 Å². The molecule has 4 heterocycles. The first-order valence-corrected chi connectivity index (χ1v) is 11.7. The first-order valence-electron chi connectivity index (χ1n) is 11.7. The predicted molar refractivity (Wildman–Crippen MR) is 135 cm³/mol. The third-order valence-electron chi connectivity index (χ3n) is 7.09. The Bertz CT molecular complexity index is 1550. The van der Waals surface area contributed by atoms with E-state index in [1.165, 1.54) is 18.4 Å². The van der Waals surface area contributed by atoms with Crippen molar-refractivity contribution < 1.29 is 0 Å². The van der Waals surface area contributed by atoms with Crippen LogP contribution in [0.3, 0.4) is 0 Å². The lowest BCUT2D eigenvalue weighted by atomic mass is 9.95. The molecule has 6 nitrogen and oxygen atoms in total. The summed E-state index contributed by atoms with van der Waals surface area (Å²) in [5.41, 5.74) is 7.08. The third-order valence-corrected chi connectivity index (χ3v) is 7.09. The van der Waals surface area contributed by atoms with Crippen LogP contribution in [0.25, 0.3) is 44.2 Å². The molecule has 168 valence electrons. The molecule has 0 aliphatic carbocycles. The SMILES string of the molecule is CN1CCC(Cn2ccc3c(-c4ccc(C#N)cc4)c(-c4ccc5c(cnn5C)c4)ncc32)C1. The van der Waals surface area contributed by atoms with E-state index in [0.717, 1.165) is 51.9 Å². The molecule has 1 saturated heterocycles. The van der Waals surface area contributed by atoms with Crippen molar-refractivity contribution in [1.29, 1.82) is 5.26 Å². The second-order valence-electron chi connectivity index (χ2n) is 9.40. The second kappa shape index (κ2) is 8.12. The zero-order chi connectivity index (χ0) is 23.2. The van der Waals surface area contributed by atoms with Gasteiger partial charge in [0.25, 0.3) is 0 Å². The quantitative estimate of drug-likeness (QED) is 0.386. The van der Waals surface area contributed by atoms with Gasteiger partial charge in [0.05, 0.1) is 40.8 Å². The average Bonchev–Trinajstić information content (AvgIpc) is 3.57. The zero-order valence-electron chi connectivity index (χ0n) is 19.4. The Morgan fingerprint density at radius 3 is 2.59 bits per heavy atom. The summed E-state index contributed by atoms with van der Waals surface area (Å²) in [6.45, 7) is 3.31. The molecule has 0 spiro atoms. The van der Waals surface area contributed by atoms with Crippen LogP contribution in [0.1, 0.15) is 12.0 Å². The molecule has 1 atom stereocenters. The molecule has 0 N–H and O–H groups in total. The molecule has 2 aromatic carbocycles. The van der Waals surface area contributed by atoms with Crippen LogP contribution in [0.4, 0.5) is 0 Å². The number of rotatable bonds is 4. The second-order valence-corrected chi connectivity index (χ2v) is 9.40. The van der Waals surface area contributed by atoms with E-state index in [-0.39, 0.29) is 0 Å². The Kier molecular flexibility index (Phi) is 4.93. The van der Waals surface area contributed by atoms with Crippen LogP contribution < -0.4 is 0 Å². The van der Waals surface area contributed by atoms with E-state index in [1.54, 1.807) is 0 Å². The highest BCUT2D eigenvalue weighted by atomic mass is 15.2. The predicted octanol–water partition coefficient (Wildman–Crippen LogP) is 5.08. The molecular formula is C28H26N6. The van der Waals surface area contributed by atoms with Crippen molar-refractivity contribution in [2.75, 3.05) is 20.1 Å². The van der Waals surface area contributed by atoms with Crippen molar-refractivity contribution in [2.24, 2.45) is 13.0 Å². The van der Waals surface area contributed by atoms with E-state index in [9.17, 15) is 5.26 Å². The Balaban J connectivity index is 1.52. The van der Waals surface area contributed by atoms with E-state index in [2.05, 4.69) is 58.1 Å². The summed E-state index contributed by atoms with van der Waals surface area (Å²) < 4.78 is 4.24. The minimum atomic E-state index is 0.658. The van der Waals surface area contributed by atoms with Gasteiger partial charge in [0.2, 0.25) is 0 Å². The summed E-state index contributed by atoms with van der Waals surface area (Å²) in [6, 6.07) is 18.7. The highest BCUT2D eigenvalue weighted by Gasteiger charge is 2.22. The molecule has 34 heavy (non-hydrogen) atoms. The van der Waals surface area contributed by atoms with Crippen molar-refractivity contribution in [1.82, 2.24) is 24.2 Å². The van der Waals surface area contributed by atoms with Crippen molar-refractivity contribution in [3.63, 3.8) is 0 Å². The molecule has 6 heteroatoms. The van der Waals surface area contributed by atoms with E-state index >= 15 is 0 Å². The van der Waals surface area contributed by atoms with Gasteiger partial charge >= 0.3 is 0 Å². The number of nitriles is 1. The highest BCUT2D eigenvalue weighted by Crippen LogP contribution is 2.38. The fourth-order valence-electron chi connectivity index (χ4n) is 5.30. The Morgan fingerprint density at radius 1 is 1.00 bits per heavy atom. The van der Waals surface area contributed by atoms with Gasteiger partial charge < -0.3 is 9.47 Å². The topological polar surface area (TPSA) is 62.7 Å². The standard InChI is InChI=1S/C28H26N6/c1-32-11-9-20(17-32)18-34-12-10-24-26(34)16-30-28(27(24)21-5-3-19(14-29)4-6-21)22-7-8-25-23(13-22)15-31-33(25)2/h3-8,10,12-13,15-16,20H,9,11,17-18H2,1-2H3. The molecule has 1 unspecified atom stereocenters. The fourth-order valence-corrected chi connectivity index (χ4v) is 5.30. The van der Waals surface area contributed by atoms with Gasteiger partial charge in [-0.1, -0.05) is 18.2 Å². The van der Waals surface area contributed by atoms with Crippen LogP contribution in [0.5, 0.6) is 0 Å². The molecule has 0 saturated carbocycles. The number of hydrogen-bond donors (Lipinski definition) is 0. The molecular weight excluding hydrogens is 420 g/mol. The van der Waals surface area contributed by atoms with Crippen LogP contribution in [0, 0.1) is 17.2 Å². The summed E-state index contributed by atoms with van der Waals surface area (Å²) in [5.74, 6) is 0.659. The molecule has 0 bridgehead atoms. The number of likely N-dealkylation sites (tertiary alicyclic amines) is 1. The molecule has 5 aromatic rings. The summed E-state index contributed by atoms with van der Waals surface area (Å²) >= 11 is 0. The Hall–Kier alpha value is -3.95. The third kappa shape index (κ3) is 3.46. The number of aromatic nitrogens is 4. The molecule has 1 aliphatic heterocycles.